The minimum Gasteiger partial charge on any atom is -0.354 e. The molecule has 1 aromatic heterocycles. The molecule has 6 heteroatoms. The number of aromatic nitrogens is 1. The SMILES string of the molecule is CC(C)C(C(=O)NCCN(C)C)c1ccc(-c2ccc3cccc(F)c3c2)[nH]c1=O. The summed E-state index contributed by atoms with van der Waals surface area (Å²) >= 11 is 0. The van der Waals surface area contributed by atoms with Gasteiger partial charge in [0.05, 0.1) is 5.92 Å². The van der Waals surface area contributed by atoms with Gasteiger partial charge in [0.1, 0.15) is 5.82 Å². The number of carbonyl (C=O) groups is 1. The Kier molecular flexibility index (Phi) is 6.67. The van der Waals surface area contributed by atoms with Crippen LogP contribution in [0, 0.1) is 11.7 Å². The Bertz CT molecular complexity index is 1110. The molecule has 0 aliphatic rings. The second-order valence-corrected chi connectivity index (χ2v) is 8.15. The second kappa shape index (κ2) is 9.22. The number of halogens is 1. The van der Waals surface area contributed by atoms with Crippen molar-refractivity contribution in [1.29, 1.82) is 0 Å². The van der Waals surface area contributed by atoms with Crippen molar-refractivity contribution >= 4 is 16.7 Å². The Balaban J connectivity index is 1.90. The first-order chi connectivity index (χ1) is 14.3. The molecule has 1 unspecified atom stereocenters. The number of aromatic amines is 1. The van der Waals surface area contributed by atoms with E-state index in [1.807, 2.05) is 51.0 Å². The van der Waals surface area contributed by atoms with E-state index in [9.17, 15) is 14.0 Å². The number of likely N-dealkylation sites (N-methyl/N-ethyl adjacent to an activating group) is 1. The van der Waals surface area contributed by atoms with Gasteiger partial charge < -0.3 is 15.2 Å². The van der Waals surface area contributed by atoms with E-state index in [1.54, 1.807) is 24.3 Å². The van der Waals surface area contributed by atoms with Crippen LogP contribution in [-0.4, -0.2) is 43.0 Å². The van der Waals surface area contributed by atoms with Gasteiger partial charge in [0, 0.05) is 29.7 Å². The third-order valence-electron chi connectivity index (χ3n) is 5.22. The summed E-state index contributed by atoms with van der Waals surface area (Å²) in [6, 6.07) is 13.8. The van der Waals surface area contributed by atoms with Crippen molar-refractivity contribution in [3.63, 3.8) is 0 Å². The molecular formula is C24H28FN3O2. The number of nitrogens with one attached hydrogen (secondary N) is 2. The van der Waals surface area contributed by atoms with E-state index in [-0.39, 0.29) is 23.2 Å². The van der Waals surface area contributed by atoms with E-state index in [4.69, 9.17) is 0 Å². The average Bonchev–Trinajstić information content (AvgIpc) is 2.69. The van der Waals surface area contributed by atoms with Gasteiger partial charge in [0.2, 0.25) is 5.91 Å². The summed E-state index contributed by atoms with van der Waals surface area (Å²) in [5.74, 6) is -1.04. The number of H-pyrrole nitrogens is 1. The molecule has 3 rings (SSSR count). The number of pyridine rings is 1. The molecular weight excluding hydrogens is 381 g/mol. The van der Waals surface area contributed by atoms with E-state index in [2.05, 4.69) is 10.3 Å². The van der Waals surface area contributed by atoms with Crippen molar-refractivity contribution in [2.45, 2.75) is 19.8 Å². The summed E-state index contributed by atoms with van der Waals surface area (Å²) in [5.41, 5.74) is 1.43. The van der Waals surface area contributed by atoms with Gasteiger partial charge in [-0.1, -0.05) is 44.2 Å². The number of benzene rings is 2. The molecule has 2 aromatic carbocycles. The lowest BCUT2D eigenvalue weighted by Crippen LogP contribution is -2.38. The molecule has 30 heavy (non-hydrogen) atoms. The highest BCUT2D eigenvalue weighted by Gasteiger charge is 2.26. The Morgan fingerprint density at radius 3 is 2.57 bits per heavy atom. The largest absolute Gasteiger partial charge is 0.354 e. The zero-order chi connectivity index (χ0) is 21.8. The fourth-order valence-electron chi connectivity index (χ4n) is 3.62. The monoisotopic (exact) mass is 409 g/mol. The van der Waals surface area contributed by atoms with Gasteiger partial charge in [-0.05, 0) is 49.2 Å². The number of carbonyl (C=O) groups excluding carboxylic acids is 1. The summed E-state index contributed by atoms with van der Waals surface area (Å²) in [6.07, 6.45) is 0. The van der Waals surface area contributed by atoms with Crippen LogP contribution in [-0.2, 0) is 4.79 Å². The van der Waals surface area contributed by atoms with Crippen molar-refractivity contribution in [2.24, 2.45) is 5.92 Å². The van der Waals surface area contributed by atoms with Gasteiger partial charge in [-0.2, -0.15) is 0 Å². The summed E-state index contributed by atoms with van der Waals surface area (Å²) < 4.78 is 14.1. The maximum Gasteiger partial charge on any atom is 0.252 e. The van der Waals surface area contributed by atoms with Crippen LogP contribution in [0.1, 0.15) is 25.3 Å². The van der Waals surface area contributed by atoms with E-state index >= 15 is 0 Å². The Morgan fingerprint density at radius 1 is 1.13 bits per heavy atom. The number of hydrogen-bond donors (Lipinski definition) is 2. The van der Waals surface area contributed by atoms with Crippen molar-refractivity contribution in [3.05, 3.63) is 70.3 Å². The number of amides is 1. The highest BCUT2D eigenvalue weighted by molar-refractivity contribution is 5.87. The number of rotatable bonds is 7. The van der Waals surface area contributed by atoms with Gasteiger partial charge in [-0.25, -0.2) is 4.39 Å². The van der Waals surface area contributed by atoms with Gasteiger partial charge in [-0.3, -0.25) is 9.59 Å². The summed E-state index contributed by atoms with van der Waals surface area (Å²) in [6.45, 7) is 5.10. The summed E-state index contributed by atoms with van der Waals surface area (Å²) in [5, 5.41) is 4.22. The smallest absolute Gasteiger partial charge is 0.252 e. The maximum absolute atomic E-state index is 14.1. The summed E-state index contributed by atoms with van der Waals surface area (Å²) in [7, 11) is 3.88. The highest BCUT2D eigenvalue weighted by atomic mass is 19.1. The number of nitrogens with zero attached hydrogens (tertiary/aromatic N) is 1. The molecule has 0 aliphatic carbocycles. The van der Waals surface area contributed by atoms with Gasteiger partial charge in [0.15, 0.2) is 0 Å². The molecule has 0 fully saturated rings. The normalized spacial score (nSPS) is 12.5. The highest BCUT2D eigenvalue weighted by Crippen LogP contribution is 2.26. The molecule has 0 radical (unpaired) electrons. The molecule has 0 spiro atoms. The van der Waals surface area contributed by atoms with E-state index in [1.165, 1.54) is 6.07 Å². The third-order valence-corrected chi connectivity index (χ3v) is 5.22. The van der Waals surface area contributed by atoms with Crippen LogP contribution in [0.2, 0.25) is 0 Å². The topological polar surface area (TPSA) is 65.2 Å². The minimum atomic E-state index is -0.543. The Morgan fingerprint density at radius 2 is 1.90 bits per heavy atom. The standard InChI is InChI=1S/C24H28FN3O2/c1-15(2)22(24(30)26-12-13-28(3)4)18-10-11-21(27-23(18)29)17-9-8-16-6-5-7-20(25)19(16)14-17/h5-11,14-15,22H,12-13H2,1-4H3,(H,26,30)(H,27,29). The van der Waals surface area contributed by atoms with Crippen LogP contribution in [0.4, 0.5) is 4.39 Å². The first-order valence-corrected chi connectivity index (χ1v) is 10.1. The zero-order valence-corrected chi connectivity index (χ0v) is 17.8. The number of hydrogen-bond acceptors (Lipinski definition) is 3. The van der Waals surface area contributed by atoms with Gasteiger partial charge in [-0.15, -0.1) is 0 Å². The number of fused-ring (bicyclic) bond motifs is 1. The molecule has 2 N–H and O–H groups in total. The molecule has 1 amide bonds. The van der Waals surface area contributed by atoms with Gasteiger partial charge >= 0.3 is 0 Å². The molecule has 0 bridgehead atoms. The van der Waals surface area contributed by atoms with Crippen molar-refractivity contribution in [3.8, 4) is 11.3 Å². The van der Waals surface area contributed by atoms with E-state index in [0.29, 0.717) is 28.8 Å². The second-order valence-electron chi connectivity index (χ2n) is 8.15. The fourth-order valence-corrected chi connectivity index (χ4v) is 3.62. The molecule has 3 aromatic rings. The van der Waals surface area contributed by atoms with Crippen LogP contribution < -0.4 is 10.9 Å². The fraction of sp³-hybridized carbons (Fsp3) is 0.333. The van der Waals surface area contributed by atoms with Gasteiger partial charge in [0.25, 0.3) is 5.56 Å². The Hall–Kier alpha value is -2.99. The minimum absolute atomic E-state index is 0.0360. The quantitative estimate of drug-likeness (QED) is 0.625. The molecule has 0 saturated heterocycles. The zero-order valence-electron chi connectivity index (χ0n) is 17.8. The summed E-state index contributed by atoms with van der Waals surface area (Å²) in [4.78, 5) is 30.5. The van der Waals surface area contributed by atoms with E-state index in [0.717, 1.165) is 11.9 Å². The maximum atomic E-state index is 14.1. The molecule has 5 nitrogen and oxygen atoms in total. The third kappa shape index (κ3) is 4.76. The predicted molar refractivity (Wildman–Crippen MR) is 119 cm³/mol. The van der Waals surface area contributed by atoms with Crippen LogP contribution in [0.25, 0.3) is 22.0 Å². The lowest BCUT2D eigenvalue weighted by Gasteiger charge is -2.21. The van der Waals surface area contributed by atoms with Crippen molar-refractivity contribution in [2.75, 3.05) is 27.2 Å². The van der Waals surface area contributed by atoms with Crippen LogP contribution in [0.5, 0.6) is 0 Å². The van der Waals surface area contributed by atoms with Crippen LogP contribution >= 0.6 is 0 Å². The van der Waals surface area contributed by atoms with E-state index < -0.39 is 5.92 Å². The molecule has 158 valence electrons. The van der Waals surface area contributed by atoms with Crippen molar-refractivity contribution < 1.29 is 9.18 Å². The van der Waals surface area contributed by atoms with Crippen LogP contribution in [0.3, 0.4) is 0 Å². The Labute approximate surface area is 175 Å². The van der Waals surface area contributed by atoms with Crippen molar-refractivity contribution in [1.82, 2.24) is 15.2 Å². The lowest BCUT2D eigenvalue weighted by atomic mass is 9.88. The molecule has 0 saturated carbocycles. The lowest BCUT2D eigenvalue weighted by molar-refractivity contribution is -0.123. The molecule has 1 atom stereocenters. The predicted octanol–water partition coefficient (Wildman–Crippen LogP) is 3.75. The van der Waals surface area contributed by atoms with Crippen LogP contribution in [0.15, 0.2) is 53.3 Å². The first kappa shape index (κ1) is 21.7. The molecule has 0 aliphatic heterocycles. The molecule has 1 heterocycles. The average molecular weight is 410 g/mol. The first-order valence-electron chi connectivity index (χ1n) is 10.1.